The van der Waals surface area contributed by atoms with Gasteiger partial charge < -0.3 is 29.7 Å². The highest BCUT2D eigenvalue weighted by atomic mass is 32.2. The molecule has 6 rings (SSSR count). The van der Waals surface area contributed by atoms with Gasteiger partial charge in [-0.15, -0.1) is 11.3 Å². The summed E-state index contributed by atoms with van der Waals surface area (Å²) in [5.74, 6) is 1.96. The first-order chi connectivity index (χ1) is 23.8. The average molecular weight is 703 g/mol. The highest BCUT2D eigenvalue weighted by molar-refractivity contribution is 7.98. The Morgan fingerprint density at radius 3 is 2.57 bits per heavy atom. The van der Waals surface area contributed by atoms with Crippen LogP contribution in [-0.2, 0) is 16.0 Å². The lowest BCUT2D eigenvalue weighted by Gasteiger charge is -2.28. The summed E-state index contributed by atoms with van der Waals surface area (Å²) in [5.41, 5.74) is 4.10. The summed E-state index contributed by atoms with van der Waals surface area (Å²) in [6.07, 6.45) is 5.45. The summed E-state index contributed by atoms with van der Waals surface area (Å²) >= 11 is 3.30. The second-order valence-corrected chi connectivity index (χ2v) is 14.3. The molecule has 0 saturated carbocycles. The lowest BCUT2D eigenvalue weighted by atomic mass is 9.95. The van der Waals surface area contributed by atoms with Gasteiger partial charge in [0.1, 0.15) is 11.0 Å². The number of amides is 2. The molecule has 2 amide bonds. The summed E-state index contributed by atoms with van der Waals surface area (Å²) < 4.78 is 18.4. The van der Waals surface area contributed by atoms with Crippen molar-refractivity contribution in [3.63, 3.8) is 0 Å². The van der Waals surface area contributed by atoms with Crippen molar-refractivity contribution in [3.05, 3.63) is 74.9 Å². The van der Waals surface area contributed by atoms with E-state index in [-0.39, 0.29) is 23.3 Å². The van der Waals surface area contributed by atoms with Crippen molar-refractivity contribution in [3.8, 4) is 28.4 Å². The first kappa shape index (κ1) is 34.6. The second-order valence-electron chi connectivity index (χ2n) is 12.3. The minimum Gasteiger partial charge on any atom is -0.493 e. The molecule has 1 fully saturated rings. The molecule has 1 aromatic heterocycles. The van der Waals surface area contributed by atoms with Crippen molar-refractivity contribution in [1.29, 1.82) is 0 Å². The average Bonchev–Trinajstić information content (AvgIpc) is 3.70. The number of carbonyl (C=O) groups is 2. The van der Waals surface area contributed by atoms with Crippen LogP contribution in [0, 0.1) is 0 Å². The Kier molecular flexibility index (Phi) is 10.6. The zero-order valence-electron chi connectivity index (χ0n) is 28.5. The molecule has 2 heterocycles. The number of rotatable bonds is 11. The Morgan fingerprint density at radius 1 is 1.06 bits per heavy atom. The number of thiazole rings is 1. The van der Waals surface area contributed by atoms with Crippen LogP contribution >= 0.6 is 23.1 Å². The maximum atomic E-state index is 14.3. The zero-order valence-corrected chi connectivity index (χ0v) is 30.1. The number of ether oxygens (including phenoxy) is 3. The predicted octanol–water partition coefficient (Wildman–Crippen LogP) is 6.37. The monoisotopic (exact) mass is 702 g/mol. The summed E-state index contributed by atoms with van der Waals surface area (Å²) in [5, 5.41) is 7.36. The van der Waals surface area contributed by atoms with E-state index in [1.54, 1.807) is 56.6 Å². The van der Waals surface area contributed by atoms with E-state index in [2.05, 4.69) is 16.7 Å². The van der Waals surface area contributed by atoms with Gasteiger partial charge in [0.15, 0.2) is 11.5 Å². The number of carbonyl (C=O) groups excluding carboxylic acids is 2. The molecule has 3 atom stereocenters. The normalized spacial score (nSPS) is 17.4. The molecule has 12 heteroatoms. The molecule has 0 spiro atoms. The molecule has 3 aromatic carbocycles. The molecule has 0 bridgehead atoms. The van der Waals surface area contributed by atoms with Crippen LogP contribution in [0.2, 0.25) is 0 Å². The van der Waals surface area contributed by atoms with E-state index in [1.807, 2.05) is 41.5 Å². The molecule has 1 aliphatic carbocycles. The Morgan fingerprint density at radius 2 is 1.86 bits per heavy atom. The molecule has 1 aliphatic heterocycles. The number of aryl methyl sites for hydroxylation is 1. The van der Waals surface area contributed by atoms with Crippen LogP contribution < -0.4 is 30.3 Å². The van der Waals surface area contributed by atoms with Gasteiger partial charge in [-0.3, -0.25) is 14.4 Å². The van der Waals surface area contributed by atoms with Crippen molar-refractivity contribution >= 4 is 50.8 Å². The van der Waals surface area contributed by atoms with Gasteiger partial charge in [-0.2, -0.15) is 11.8 Å². The van der Waals surface area contributed by atoms with Crippen molar-refractivity contribution < 1.29 is 23.8 Å². The third-order valence-electron chi connectivity index (χ3n) is 9.29. The molecule has 0 radical (unpaired) electrons. The van der Waals surface area contributed by atoms with Gasteiger partial charge in [0.2, 0.25) is 23.0 Å². The number of hydrogen-bond donors (Lipinski definition) is 2. The summed E-state index contributed by atoms with van der Waals surface area (Å²) in [6.45, 7) is 2.11. The standard InChI is InChI=1S/C37H42N4O6S2/c1-21(42)38-25-14-12-22-19-31(45-2)34(46-3)35(47-4)33(22)23-13-15-26(30(43)20-24(23)25)39-28(16-18-48-5)37(44)41-17-8-10-29(41)36-40-27-9-6-7-11-32(27)49-36/h6-7,9,11,13,15,19-20,25,28-29H,8,10,12,14,16-18H2,1-5H3,(H,38,42)(H,39,43)/t25-,28-,29+/m0/s1. The zero-order chi connectivity index (χ0) is 34.7. The number of hydrogen-bond acceptors (Lipinski definition) is 10. The quantitative estimate of drug-likeness (QED) is 0.184. The van der Waals surface area contributed by atoms with E-state index in [9.17, 15) is 14.4 Å². The number of benzene rings is 2. The summed E-state index contributed by atoms with van der Waals surface area (Å²) in [7, 11) is 4.71. The minimum atomic E-state index is -0.616. The van der Waals surface area contributed by atoms with Gasteiger partial charge in [-0.25, -0.2) is 4.98 Å². The summed E-state index contributed by atoms with van der Waals surface area (Å²) in [4.78, 5) is 47.6. The van der Waals surface area contributed by atoms with E-state index in [0.29, 0.717) is 54.3 Å². The third-order valence-corrected chi connectivity index (χ3v) is 11.1. The largest absolute Gasteiger partial charge is 0.493 e. The van der Waals surface area contributed by atoms with Gasteiger partial charge in [0.25, 0.3) is 0 Å². The number of para-hydroxylation sites is 1. The van der Waals surface area contributed by atoms with Crippen LogP contribution in [0.5, 0.6) is 17.2 Å². The lowest BCUT2D eigenvalue weighted by molar-refractivity contribution is -0.133. The highest BCUT2D eigenvalue weighted by Gasteiger charge is 2.36. The van der Waals surface area contributed by atoms with Crippen LogP contribution in [0.25, 0.3) is 21.3 Å². The fourth-order valence-corrected chi connectivity index (χ4v) is 8.61. The van der Waals surface area contributed by atoms with Crippen molar-refractivity contribution in [1.82, 2.24) is 15.2 Å². The number of anilines is 1. The molecule has 2 N–H and O–H groups in total. The predicted molar refractivity (Wildman–Crippen MR) is 196 cm³/mol. The third kappa shape index (κ3) is 6.94. The van der Waals surface area contributed by atoms with Gasteiger partial charge in [-0.05, 0) is 91.1 Å². The fraction of sp³-hybridized carbons (Fsp3) is 0.405. The number of likely N-dealkylation sites (tertiary alicyclic amines) is 1. The van der Waals surface area contributed by atoms with Crippen molar-refractivity contribution in [2.45, 2.75) is 57.2 Å². The Hall–Kier alpha value is -4.29. The molecule has 258 valence electrons. The van der Waals surface area contributed by atoms with Crippen LogP contribution in [0.3, 0.4) is 0 Å². The van der Waals surface area contributed by atoms with Gasteiger partial charge in [0.05, 0.1) is 49.3 Å². The number of nitrogens with one attached hydrogen (secondary N) is 2. The Labute approximate surface area is 294 Å². The maximum absolute atomic E-state index is 14.3. The number of thioether (sulfide) groups is 1. The first-order valence-corrected chi connectivity index (χ1v) is 18.7. The van der Waals surface area contributed by atoms with Crippen LogP contribution in [0.15, 0.2) is 53.3 Å². The van der Waals surface area contributed by atoms with E-state index in [0.717, 1.165) is 50.5 Å². The minimum absolute atomic E-state index is 0.0387. The molecule has 49 heavy (non-hydrogen) atoms. The van der Waals surface area contributed by atoms with E-state index in [4.69, 9.17) is 19.2 Å². The van der Waals surface area contributed by atoms with E-state index in [1.165, 1.54) is 6.92 Å². The number of methoxy groups -OCH3 is 3. The van der Waals surface area contributed by atoms with Gasteiger partial charge in [-0.1, -0.05) is 18.2 Å². The maximum Gasteiger partial charge on any atom is 0.245 e. The smallest absolute Gasteiger partial charge is 0.245 e. The van der Waals surface area contributed by atoms with Crippen LogP contribution in [-0.4, -0.2) is 67.6 Å². The number of aromatic nitrogens is 1. The first-order valence-electron chi connectivity index (χ1n) is 16.5. The summed E-state index contributed by atoms with van der Waals surface area (Å²) in [6, 6.07) is 14.0. The molecular formula is C37H42N4O6S2. The van der Waals surface area contributed by atoms with Gasteiger partial charge in [0, 0.05) is 19.0 Å². The van der Waals surface area contributed by atoms with E-state index < -0.39 is 12.1 Å². The van der Waals surface area contributed by atoms with Gasteiger partial charge >= 0.3 is 0 Å². The molecule has 10 nitrogen and oxygen atoms in total. The molecular weight excluding hydrogens is 661 g/mol. The van der Waals surface area contributed by atoms with E-state index >= 15 is 0 Å². The Bertz CT molecular complexity index is 1900. The highest BCUT2D eigenvalue weighted by Crippen LogP contribution is 2.50. The SMILES string of the molecule is COc1cc2c(c(OC)c1OC)-c1ccc(N[C@@H](CCSC)C(=O)N3CCC[C@@H]3c3nc4ccccc4s3)c(=O)cc1[C@@H](NC(C)=O)CC2. The molecule has 1 saturated heterocycles. The second kappa shape index (κ2) is 15.1. The molecule has 2 aliphatic rings. The Balaban J connectivity index is 1.41. The lowest BCUT2D eigenvalue weighted by Crippen LogP contribution is -2.43. The number of nitrogens with zero attached hydrogens (tertiary/aromatic N) is 2. The van der Waals surface area contributed by atoms with Crippen LogP contribution in [0.1, 0.15) is 60.8 Å². The number of fused-ring (bicyclic) bond motifs is 4. The topological polar surface area (TPSA) is 119 Å². The fourth-order valence-electron chi connectivity index (χ4n) is 7.03. The van der Waals surface area contributed by atoms with Crippen molar-refractivity contribution in [2.75, 3.05) is 45.2 Å². The van der Waals surface area contributed by atoms with Crippen LogP contribution in [0.4, 0.5) is 5.69 Å². The van der Waals surface area contributed by atoms with Crippen molar-refractivity contribution in [2.24, 2.45) is 0 Å². The molecule has 0 unspecified atom stereocenters. The molecule has 4 aromatic rings.